The molecule has 0 aliphatic carbocycles. The second kappa shape index (κ2) is 5.01. The third-order valence-electron chi connectivity index (χ3n) is 1.77. The molecular formula is C10H11N3. The van der Waals surface area contributed by atoms with Gasteiger partial charge >= 0.3 is 0 Å². The molecule has 0 aliphatic rings. The van der Waals surface area contributed by atoms with Crippen molar-refractivity contribution in [1.82, 2.24) is 0 Å². The summed E-state index contributed by atoms with van der Waals surface area (Å²) in [7, 11) is 0. The average molecular weight is 173 g/mol. The largest absolute Gasteiger partial charge is 0.0899 e. The van der Waals surface area contributed by atoms with E-state index in [1.54, 1.807) is 0 Å². The van der Waals surface area contributed by atoms with Gasteiger partial charge in [0.05, 0.1) is 0 Å². The highest BCUT2D eigenvalue weighted by atomic mass is 15.1. The van der Waals surface area contributed by atoms with Crippen LogP contribution in [-0.4, -0.2) is 6.54 Å². The van der Waals surface area contributed by atoms with Crippen molar-refractivity contribution >= 4 is 5.57 Å². The van der Waals surface area contributed by atoms with Crippen molar-refractivity contribution in [2.45, 2.75) is 6.92 Å². The van der Waals surface area contributed by atoms with Crippen molar-refractivity contribution in [2.24, 2.45) is 5.11 Å². The summed E-state index contributed by atoms with van der Waals surface area (Å²) in [5, 5.41) is 3.44. The Morgan fingerprint density at radius 2 is 2.15 bits per heavy atom. The van der Waals surface area contributed by atoms with Crippen LogP contribution in [0.5, 0.6) is 0 Å². The third-order valence-corrected chi connectivity index (χ3v) is 1.77. The number of rotatable bonds is 3. The molecule has 0 heterocycles. The first-order chi connectivity index (χ1) is 6.34. The molecular weight excluding hydrogens is 162 g/mol. The van der Waals surface area contributed by atoms with Gasteiger partial charge in [-0.25, -0.2) is 0 Å². The molecule has 0 aromatic heterocycles. The normalized spacial score (nSPS) is 10.7. The van der Waals surface area contributed by atoms with Crippen LogP contribution in [0.2, 0.25) is 0 Å². The highest BCUT2D eigenvalue weighted by Crippen LogP contribution is 2.11. The maximum absolute atomic E-state index is 8.08. The molecule has 1 aromatic rings. The highest BCUT2D eigenvalue weighted by molar-refractivity contribution is 5.63. The van der Waals surface area contributed by atoms with E-state index in [4.69, 9.17) is 5.53 Å². The lowest BCUT2D eigenvalue weighted by Crippen LogP contribution is -1.79. The summed E-state index contributed by atoms with van der Waals surface area (Å²) >= 11 is 0. The van der Waals surface area contributed by atoms with Crippen LogP contribution < -0.4 is 0 Å². The molecule has 3 heteroatoms. The molecule has 0 spiro atoms. The zero-order valence-electron chi connectivity index (χ0n) is 7.51. The minimum atomic E-state index is 0.414. The molecule has 66 valence electrons. The number of benzene rings is 1. The lowest BCUT2D eigenvalue weighted by molar-refractivity contribution is 1.21. The second-order valence-electron chi connectivity index (χ2n) is 2.67. The van der Waals surface area contributed by atoms with Gasteiger partial charge in [-0.3, -0.25) is 0 Å². The fourth-order valence-corrected chi connectivity index (χ4v) is 1.03. The van der Waals surface area contributed by atoms with Crippen molar-refractivity contribution in [3.05, 3.63) is 52.4 Å². The SMILES string of the molecule is C/C(=C\CN=[N+]=[N-])c1ccccc1. The van der Waals surface area contributed by atoms with Gasteiger partial charge in [0.15, 0.2) is 0 Å². The Kier molecular flexibility index (Phi) is 3.61. The van der Waals surface area contributed by atoms with E-state index in [9.17, 15) is 0 Å². The summed E-state index contributed by atoms with van der Waals surface area (Å²) in [5.41, 5.74) is 10.4. The Morgan fingerprint density at radius 3 is 2.77 bits per heavy atom. The predicted octanol–water partition coefficient (Wildman–Crippen LogP) is 3.40. The average Bonchev–Trinajstić information content (AvgIpc) is 2.19. The molecule has 1 aromatic carbocycles. The van der Waals surface area contributed by atoms with Gasteiger partial charge in [-0.1, -0.05) is 41.5 Å². The quantitative estimate of drug-likeness (QED) is 0.382. The molecule has 0 amide bonds. The molecule has 0 atom stereocenters. The second-order valence-corrected chi connectivity index (χ2v) is 2.67. The molecule has 0 saturated carbocycles. The summed E-state index contributed by atoms with van der Waals surface area (Å²) in [4.78, 5) is 2.68. The Bertz CT molecular complexity index is 334. The van der Waals surface area contributed by atoms with Crippen LogP contribution in [0, 0.1) is 0 Å². The van der Waals surface area contributed by atoms with Crippen molar-refractivity contribution in [3.8, 4) is 0 Å². The maximum Gasteiger partial charge on any atom is 0.0445 e. The van der Waals surface area contributed by atoms with Gasteiger partial charge in [0, 0.05) is 11.5 Å². The first kappa shape index (κ1) is 9.36. The number of hydrogen-bond acceptors (Lipinski definition) is 1. The van der Waals surface area contributed by atoms with E-state index in [0.29, 0.717) is 6.54 Å². The van der Waals surface area contributed by atoms with Crippen LogP contribution in [0.1, 0.15) is 12.5 Å². The van der Waals surface area contributed by atoms with Gasteiger partial charge in [-0.05, 0) is 23.6 Å². The lowest BCUT2D eigenvalue weighted by atomic mass is 10.1. The van der Waals surface area contributed by atoms with Gasteiger partial charge in [0.1, 0.15) is 0 Å². The predicted molar refractivity (Wildman–Crippen MR) is 54.1 cm³/mol. The van der Waals surface area contributed by atoms with E-state index in [-0.39, 0.29) is 0 Å². The summed E-state index contributed by atoms with van der Waals surface area (Å²) < 4.78 is 0. The summed E-state index contributed by atoms with van der Waals surface area (Å²) in [6.45, 7) is 2.42. The van der Waals surface area contributed by atoms with Gasteiger partial charge < -0.3 is 0 Å². The summed E-state index contributed by atoms with van der Waals surface area (Å²) in [6, 6.07) is 10.0. The van der Waals surface area contributed by atoms with Crippen LogP contribution >= 0.6 is 0 Å². The number of allylic oxidation sites excluding steroid dienone is 1. The van der Waals surface area contributed by atoms with Crippen LogP contribution in [0.3, 0.4) is 0 Å². The molecule has 0 saturated heterocycles. The fourth-order valence-electron chi connectivity index (χ4n) is 1.03. The molecule has 0 bridgehead atoms. The van der Waals surface area contributed by atoms with Crippen molar-refractivity contribution in [1.29, 1.82) is 0 Å². The molecule has 0 unspecified atom stereocenters. The van der Waals surface area contributed by atoms with E-state index in [1.807, 2.05) is 43.3 Å². The van der Waals surface area contributed by atoms with Gasteiger partial charge in [-0.2, -0.15) is 0 Å². The minimum Gasteiger partial charge on any atom is -0.0899 e. The smallest absolute Gasteiger partial charge is 0.0445 e. The summed E-state index contributed by atoms with van der Waals surface area (Å²) in [5.74, 6) is 0. The van der Waals surface area contributed by atoms with Crippen LogP contribution in [0.25, 0.3) is 16.0 Å². The molecule has 0 N–H and O–H groups in total. The zero-order valence-corrected chi connectivity index (χ0v) is 7.51. The minimum absolute atomic E-state index is 0.414. The standard InChI is InChI=1S/C10H11N3/c1-9(7-8-12-13-11)10-5-3-2-4-6-10/h2-7H,8H2,1H3/b9-7+. The van der Waals surface area contributed by atoms with E-state index in [1.165, 1.54) is 0 Å². The summed E-state index contributed by atoms with van der Waals surface area (Å²) in [6.07, 6.45) is 1.91. The van der Waals surface area contributed by atoms with Crippen LogP contribution in [-0.2, 0) is 0 Å². The number of hydrogen-bond donors (Lipinski definition) is 0. The van der Waals surface area contributed by atoms with Gasteiger partial charge in [0.2, 0.25) is 0 Å². The monoisotopic (exact) mass is 173 g/mol. The Morgan fingerprint density at radius 1 is 1.46 bits per heavy atom. The first-order valence-electron chi connectivity index (χ1n) is 4.07. The maximum atomic E-state index is 8.08. The first-order valence-corrected chi connectivity index (χ1v) is 4.07. The number of azide groups is 1. The highest BCUT2D eigenvalue weighted by Gasteiger charge is 1.91. The van der Waals surface area contributed by atoms with Crippen molar-refractivity contribution < 1.29 is 0 Å². The molecule has 13 heavy (non-hydrogen) atoms. The molecule has 3 nitrogen and oxygen atoms in total. The van der Waals surface area contributed by atoms with Crippen LogP contribution in [0.15, 0.2) is 41.5 Å². The Balaban J connectivity index is 2.73. The fraction of sp³-hybridized carbons (Fsp3) is 0.200. The molecule has 0 fully saturated rings. The molecule has 0 aliphatic heterocycles. The van der Waals surface area contributed by atoms with Crippen molar-refractivity contribution in [2.75, 3.05) is 6.54 Å². The Labute approximate surface area is 77.3 Å². The Hall–Kier alpha value is -1.73. The topological polar surface area (TPSA) is 48.8 Å². The van der Waals surface area contributed by atoms with E-state index < -0.39 is 0 Å². The van der Waals surface area contributed by atoms with E-state index >= 15 is 0 Å². The van der Waals surface area contributed by atoms with Gasteiger partial charge in [0.25, 0.3) is 0 Å². The molecule has 0 radical (unpaired) electrons. The zero-order chi connectivity index (χ0) is 9.52. The third kappa shape index (κ3) is 3.01. The van der Waals surface area contributed by atoms with Gasteiger partial charge in [-0.15, -0.1) is 0 Å². The van der Waals surface area contributed by atoms with E-state index in [0.717, 1.165) is 11.1 Å². The van der Waals surface area contributed by atoms with E-state index in [2.05, 4.69) is 10.0 Å². The van der Waals surface area contributed by atoms with Crippen LogP contribution in [0.4, 0.5) is 0 Å². The molecule has 1 rings (SSSR count). The van der Waals surface area contributed by atoms with Crippen molar-refractivity contribution in [3.63, 3.8) is 0 Å². The lowest BCUT2D eigenvalue weighted by Gasteiger charge is -1.98. The number of nitrogens with zero attached hydrogens (tertiary/aromatic N) is 3.